The number of amides is 1. The highest BCUT2D eigenvalue weighted by Crippen LogP contribution is 2.34. The molecule has 4 heteroatoms. The van der Waals surface area contributed by atoms with Crippen LogP contribution < -0.4 is 10.2 Å². The van der Waals surface area contributed by atoms with Crippen LogP contribution in [0.5, 0.6) is 0 Å². The summed E-state index contributed by atoms with van der Waals surface area (Å²) in [5.74, 6) is 0.809. The number of nitrogens with zero attached hydrogens (tertiary/aromatic N) is 1. The second-order valence-electron chi connectivity index (χ2n) is 6.68. The lowest BCUT2D eigenvalue weighted by molar-refractivity contribution is 0.0950. The van der Waals surface area contributed by atoms with E-state index < -0.39 is 0 Å². The van der Waals surface area contributed by atoms with Crippen molar-refractivity contribution < 1.29 is 9.21 Å². The van der Waals surface area contributed by atoms with Gasteiger partial charge in [-0.1, -0.05) is 35.9 Å². The van der Waals surface area contributed by atoms with Crippen LogP contribution >= 0.6 is 0 Å². The first-order chi connectivity index (χ1) is 12.7. The highest BCUT2D eigenvalue weighted by Gasteiger charge is 2.29. The average Bonchev–Trinajstić information content (AvgIpc) is 3.32. The Morgan fingerprint density at radius 1 is 1.15 bits per heavy atom. The number of carbonyl (C=O) groups is 1. The fourth-order valence-electron chi connectivity index (χ4n) is 3.61. The first-order valence-corrected chi connectivity index (χ1v) is 8.95. The maximum Gasteiger partial charge on any atom is 0.251 e. The van der Waals surface area contributed by atoms with Gasteiger partial charge in [-0.05, 0) is 49.2 Å². The predicted molar refractivity (Wildman–Crippen MR) is 102 cm³/mol. The van der Waals surface area contributed by atoms with Crippen LogP contribution in [0, 0.1) is 6.92 Å². The van der Waals surface area contributed by atoms with Crippen LogP contribution in [0.15, 0.2) is 71.3 Å². The minimum atomic E-state index is -0.0576. The van der Waals surface area contributed by atoms with Crippen molar-refractivity contribution in [3.63, 3.8) is 0 Å². The average molecular weight is 346 g/mol. The molecule has 1 atom stereocenters. The summed E-state index contributed by atoms with van der Waals surface area (Å²) in [6.07, 6.45) is 2.70. The van der Waals surface area contributed by atoms with Crippen molar-refractivity contribution >= 4 is 11.6 Å². The van der Waals surface area contributed by atoms with E-state index in [2.05, 4.69) is 34.5 Å². The molecule has 26 heavy (non-hydrogen) atoms. The molecule has 0 saturated heterocycles. The largest absolute Gasteiger partial charge is 0.467 e. The van der Waals surface area contributed by atoms with Gasteiger partial charge < -0.3 is 14.6 Å². The highest BCUT2D eigenvalue weighted by atomic mass is 16.3. The Kier molecular flexibility index (Phi) is 4.48. The number of aryl methyl sites for hydroxylation is 1. The van der Waals surface area contributed by atoms with E-state index in [1.807, 2.05) is 43.3 Å². The lowest BCUT2D eigenvalue weighted by atomic mass is 10.1. The summed E-state index contributed by atoms with van der Waals surface area (Å²) >= 11 is 0. The van der Waals surface area contributed by atoms with E-state index in [0.29, 0.717) is 12.1 Å². The van der Waals surface area contributed by atoms with Gasteiger partial charge >= 0.3 is 0 Å². The molecule has 3 aromatic rings. The summed E-state index contributed by atoms with van der Waals surface area (Å²) in [6.45, 7) is 3.41. The molecular formula is C22H22N2O2. The molecule has 132 valence electrons. The van der Waals surface area contributed by atoms with E-state index in [1.165, 1.54) is 11.3 Å². The van der Waals surface area contributed by atoms with E-state index in [9.17, 15) is 4.79 Å². The smallest absolute Gasteiger partial charge is 0.251 e. The van der Waals surface area contributed by atoms with Crippen LogP contribution in [0.1, 0.15) is 33.3 Å². The van der Waals surface area contributed by atoms with Gasteiger partial charge in [0.25, 0.3) is 5.91 Å². The Balaban J connectivity index is 1.55. The Morgan fingerprint density at radius 2 is 2.04 bits per heavy atom. The van der Waals surface area contributed by atoms with Gasteiger partial charge in [0.05, 0.1) is 6.26 Å². The lowest BCUT2D eigenvalue weighted by Gasteiger charge is -2.29. The fraction of sp³-hybridized carbons (Fsp3) is 0.227. The first-order valence-electron chi connectivity index (χ1n) is 8.95. The summed E-state index contributed by atoms with van der Waals surface area (Å²) in [4.78, 5) is 14.9. The van der Waals surface area contributed by atoms with Gasteiger partial charge in [0.2, 0.25) is 0 Å². The molecule has 0 radical (unpaired) electrons. The second kappa shape index (κ2) is 7.08. The molecule has 2 aromatic carbocycles. The topological polar surface area (TPSA) is 45.5 Å². The van der Waals surface area contributed by atoms with Gasteiger partial charge in [-0.15, -0.1) is 0 Å². The summed E-state index contributed by atoms with van der Waals surface area (Å²) < 4.78 is 5.69. The van der Waals surface area contributed by atoms with Gasteiger partial charge in [-0.3, -0.25) is 4.79 Å². The van der Waals surface area contributed by atoms with Crippen molar-refractivity contribution in [2.24, 2.45) is 0 Å². The van der Waals surface area contributed by atoms with Crippen LogP contribution in [-0.2, 0) is 6.42 Å². The van der Waals surface area contributed by atoms with Gasteiger partial charge in [0.15, 0.2) is 0 Å². The van der Waals surface area contributed by atoms with E-state index in [0.717, 1.165) is 24.3 Å². The third kappa shape index (κ3) is 3.23. The van der Waals surface area contributed by atoms with Crippen LogP contribution in [0.25, 0.3) is 0 Å². The van der Waals surface area contributed by atoms with Gasteiger partial charge in [-0.25, -0.2) is 0 Å². The maximum absolute atomic E-state index is 12.6. The van der Waals surface area contributed by atoms with Crippen molar-refractivity contribution in [1.29, 1.82) is 0 Å². The molecule has 2 heterocycles. The van der Waals surface area contributed by atoms with Crippen molar-refractivity contribution in [3.8, 4) is 0 Å². The lowest BCUT2D eigenvalue weighted by Crippen LogP contribution is -2.37. The molecule has 0 fully saturated rings. The number of nitrogens with one attached hydrogen (secondary N) is 1. The molecule has 4 rings (SSSR count). The Labute approximate surface area is 153 Å². The number of anilines is 1. The molecule has 1 N–H and O–H groups in total. The molecule has 1 aliphatic heterocycles. The van der Waals surface area contributed by atoms with Crippen LogP contribution in [-0.4, -0.2) is 19.0 Å². The zero-order valence-corrected chi connectivity index (χ0v) is 14.8. The number of para-hydroxylation sites is 1. The molecule has 0 saturated carbocycles. The summed E-state index contributed by atoms with van der Waals surface area (Å²) in [5.41, 5.74) is 4.33. The molecule has 0 unspecified atom stereocenters. The number of hydrogen-bond acceptors (Lipinski definition) is 3. The van der Waals surface area contributed by atoms with Crippen LogP contribution in [0.4, 0.5) is 5.69 Å². The van der Waals surface area contributed by atoms with E-state index in [4.69, 9.17) is 4.42 Å². The fourth-order valence-corrected chi connectivity index (χ4v) is 3.61. The van der Waals surface area contributed by atoms with E-state index >= 15 is 0 Å². The molecule has 4 nitrogen and oxygen atoms in total. The standard InChI is InChI=1S/C22H22N2O2/c1-16-6-4-8-18(14-16)22(25)23-15-20(21-10-5-13-26-21)24-12-11-17-7-2-3-9-19(17)24/h2-10,13-14,20H,11-12,15H2,1H3,(H,23,25)/t20-/m1/s1. The minimum Gasteiger partial charge on any atom is -0.467 e. The minimum absolute atomic E-state index is 0.0255. The van der Waals surface area contributed by atoms with Gasteiger partial charge in [0, 0.05) is 24.3 Å². The number of rotatable bonds is 5. The van der Waals surface area contributed by atoms with E-state index in [1.54, 1.807) is 6.26 Å². The molecule has 0 spiro atoms. The Morgan fingerprint density at radius 3 is 2.85 bits per heavy atom. The van der Waals surface area contributed by atoms with Gasteiger partial charge in [0.1, 0.15) is 11.8 Å². The SMILES string of the molecule is Cc1cccc(C(=O)NC[C@H](c2ccco2)N2CCc3ccccc32)c1. The van der Waals surface area contributed by atoms with Crippen molar-refractivity contribution in [2.45, 2.75) is 19.4 Å². The maximum atomic E-state index is 12.6. The number of hydrogen-bond donors (Lipinski definition) is 1. The van der Waals surface area contributed by atoms with E-state index in [-0.39, 0.29) is 11.9 Å². The zero-order valence-electron chi connectivity index (χ0n) is 14.8. The highest BCUT2D eigenvalue weighted by molar-refractivity contribution is 5.94. The zero-order chi connectivity index (χ0) is 17.9. The molecule has 0 aliphatic carbocycles. The third-order valence-electron chi connectivity index (χ3n) is 4.91. The third-order valence-corrected chi connectivity index (χ3v) is 4.91. The summed E-state index contributed by atoms with van der Waals surface area (Å²) in [7, 11) is 0. The Bertz CT molecular complexity index is 902. The van der Waals surface area contributed by atoms with Crippen molar-refractivity contribution in [1.82, 2.24) is 5.32 Å². The van der Waals surface area contributed by atoms with Crippen LogP contribution in [0.3, 0.4) is 0 Å². The molecule has 1 amide bonds. The molecular weight excluding hydrogens is 324 g/mol. The normalized spacial score (nSPS) is 14.1. The summed E-state index contributed by atoms with van der Waals surface area (Å²) in [5, 5.41) is 3.08. The molecule has 1 aromatic heterocycles. The predicted octanol–water partition coefficient (Wildman–Crippen LogP) is 4.12. The van der Waals surface area contributed by atoms with Crippen molar-refractivity contribution in [3.05, 3.63) is 89.4 Å². The number of carbonyl (C=O) groups excluding carboxylic acids is 1. The van der Waals surface area contributed by atoms with Crippen molar-refractivity contribution in [2.75, 3.05) is 18.0 Å². The Hall–Kier alpha value is -3.01. The quantitative estimate of drug-likeness (QED) is 0.756. The first kappa shape index (κ1) is 16.5. The number of benzene rings is 2. The molecule has 1 aliphatic rings. The van der Waals surface area contributed by atoms with Gasteiger partial charge in [-0.2, -0.15) is 0 Å². The summed E-state index contributed by atoms with van der Waals surface area (Å²) in [6, 6.07) is 19.9. The monoisotopic (exact) mass is 346 g/mol. The molecule has 0 bridgehead atoms. The number of furan rings is 1. The van der Waals surface area contributed by atoms with Crippen LogP contribution in [0.2, 0.25) is 0 Å². The second-order valence-corrected chi connectivity index (χ2v) is 6.68. The number of fused-ring (bicyclic) bond motifs is 1.